The van der Waals surface area contributed by atoms with E-state index >= 15 is 0 Å². The average molecular weight is 330 g/mol. The summed E-state index contributed by atoms with van der Waals surface area (Å²) in [4.78, 5) is 0. The minimum absolute atomic E-state index is 0.00713. The van der Waals surface area contributed by atoms with Crippen LogP contribution in [0.15, 0.2) is 22.7 Å². The van der Waals surface area contributed by atoms with Crippen molar-refractivity contribution in [1.29, 1.82) is 5.26 Å². The van der Waals surface area contributed by atoms with Gasteiger partial charge in [-0.15, -0.1) is 0 Å². The third kappa shape index (κ3) is 4.79. The molecule has 0 heterocycles. The molecule has 0 fully saturated rings. The number of nitrogens with zero attached hydrogens (tertiary/aromatic N) is 1. The van der Waals surface area contributed by atoms with Crippen molar-refractivity contribution in [2.75, 3.05) is 5.75 Å². The Balaban J connectivity index is 2.81. The van der Waals surface area contributed by atoms with Crippen LogP contribution in [0.2, 0.25) is 0 Å². The number of nitriles is 1. The predicted molar refractivity (Wildman–Crippen MR) is 75.9 cm³/mol. The topological polar surface area (TPSA) is 57.9 Å². The van der Waals surface area contributed by atoms with E-state index < -0.39 is 9.84 Å². The lowest BCUT2D eigenvalue weighted by Gasteiger charge is -2.06. The van der Waals surface area contributed by atoms with Gasteiger partial charge in [0.15, 0.2) is 9.84 Å². The van der Waals surface area contributed by atoms with Crippen LogP contribution in [0.1, 0.15) is 37.3 Å². The van der Waals surface area contributed by atoms with Crippen LogP contribution in [-0.4, -0.2) is 14.2 Å². The highest BCUT2D eigenvalue weighted by Crippen LogP contribution is 2.21. The highest BCUT2D eigenvalue weighted by Gasteiger charge is 2.14. The molecule has 0 saturated heterocycles. The van der Waals surface area contributed by atoms with E-state index in [2.05, 4.69) is 15.9 Å². The molecule has 0 aliphatic carbocycles. The number of rotatable bonds is 6. The Bertz CT molecular complexity index is 547. The van der Waals surface area contributed by atoms with Gasteiger partial charge in [0.2, 0.25) is 0 Å². The molecule has 0 radical (unpaired) electrons. The van der Waals surface area contributed by atoms with Crippen molar-refractivity contribution in [2.45, 2.75) is 31.9 Å². The molecule has 0 aromatic heterocycles. The first-order valence-electron chi connectivity index (χ1n) is 5.87. The number of hydrogen-bond acceptors (Lipinski definition) is 3. The van der Waals surface area contributed by atoms with Gasteiger partial charge >= 0.3 is 0 Å². The first kappa shape index (κ1) is 15.2. The second-order valence-corrected chi connectivity index (χ2v) is 7.26. The molecule has 0 saturated carbocycles. The zero-order chi connectivity index (χ0) is 13.6. The van der Waals surface area contributed by atoms with Crippen LogP contribution in [-0.2, 0) is 15.6 Å². The first-order chi connectivity index (χ1) is 8.48. The minimum Gasteiger partial charge on any atom is -0.228 e. The van der Waals surface area contributed by atoms with E-state index in [1.165, 1.54) is 0 Å². The summed E-state index contributed by atoms with van der Waals surface area (Å²) in [6, 6.07) is 7.03. The molecule has 0 bridgehead atoms. The molecule has 1 aromatic rings. The second-order valence-electron chi connectivity index (χ2n) is 4.22. The van der Waals surface area contributed by atoms with Crippen molar-refractivity contribution in [3.8, 4) is 6.07 Å². The van der Waals surface area contributed by atoms with E-state index in [1.54, 1.807) is 18.2 Å². The Hall–Kier alpha value is -0.860. The zero-order valence-corrected chi connectivity index (χ0v) is 12.7. The molecule has 0 spiro atoms. The molecule has 0 N–H and O–H groups in total. The largest absolute Gasteiger partial charge is 0.228 e. The summed E-state index contributed by atoms with van der Waals surface area (Å²) in [5.41, 5.74) is 1.14. The van der Waals surface area contributed by atoms with Crippen molar-refractivity contribution >= 4 is 25.8 Å². The van der Waals surface area contributed by atoms with E-state index in [0.29, 0.717) is 17.5 Å². The van der Waals surface area contributed by atoms with Crippen molar-refractivity contribution in [1.82, 2.24) is 0 Å². The zero-order valence-electron chi connectivity index (χ0n) is 10.3. The van der Waals surface area contributed by atoms with Gasteiger partial charge in [-0.1, -0.05) is 35.7 Å². The Morgan fingerprint density at radius 3 is 2.67 bits per heavy atom. The van der Waals surface area contributed by atoms with E-state index in [0.717, 1.165) is 17.3 Å². The summed E-state index contributed by atoms with van der Waals surface area (Å²) in [6.07, 6.45) is 2.64. The molecular formula is C13H16BrNO2S. The molecule has 0 aliphatic rings. The SMILES string of the molecule is CCCCCS(=O)(=O)Cc1cc(C#N)ccc1Br. The van der Waals surface area contributed by atoms with Gasteiger partial charge in [-0.2, -0.15) is 5.26 Å². The number of halogens is 1. The number of sulfone groups is 1. The number of benzene rings is 1. The van der Waals surface area contributed by atoms with E-state index in [4.69, 9.17) is 5.26 Å². The summed E-state index contributed by atoms with van der Waals surface area (Å²) >= 11 is 3.32. The molecule has 0 aliphatic heterocycles. The second kappa shape index (κ2) is 6.91. The van der Waals surface area contributed by atoms with Crippen LogP contribution in [0.5, 0.6) is 0 Å². The van der Waals surface area contributed by atoms with Gasteiger partial charge in [0, 0.05) is 4.47 Å². The van der Waals surface area contributed by atoms with Gasteiger partial charge in [-0.25, -0.2) is 8.42 Å². The maximum Gasteiger partial charge on any atom is 0.154 e. The predicted octanol–water partition coefficient (Wildman–Crippen LogP) is 3.43. The van der Waals surface area contributed by atoms with E-state index in [1.807, 2.05) is 13.0 Å². The van der Waals surface area contributed by atoms with Gasteiger partial charge < -0.3 is 0 Å². The molecular weight excluding hydrogens is 314 g/mol. The summed E-state index contributed by atoms with van der Waals surface area (Å²) in [7, 11) is -3.09. The summed E-state index contributed by atoms with van der Waals surface area (Å²) < 4.78 is 24.6. The van der Waals surface area contributed by atoms with Crippen LogP contribution < -0.4 is 0 Å². The third-order valence-corrected chi connectivity index (χ3v) is 5.04. The standard InChI is InChI=1S/C13H16BrNO2S/c1-2-3-4-7-18(16,17)10-12-8-11(9-15)5-6-13(12)14/h5-6,8H,2-4,7,10H2,1H3. The molecule has 5 heteroatoms. The van der Waals surface area contributed by atoms with Crippen molar-refractivity contribution in [2.24, 2.45) is 0 Å². The molecule has 3 nitrogen and oxygen atoms in total. The van der Waals surface area contributed by atoms with Crippen LogP contribution in [0.4, 0.5) is 0 Å². The van der Waals surface area contributed by atoms with Crippen LogP contribution >= 0.6 is 15.9 Å². The molecule has 1 aromatic carbocycles. The summed E-state index contributed by atoms with van der Waals surface area (Å²) in [5.74, 6) is 0.205. The molecule has 0 atom stereocenters. The quantitative estimate of drug-likeness (QED) is 0.751. The maximum atomic E-state index is 11.9. The Morgan fingerprint density at radius 2 is 2.06 bits per heavy atom. The lowest BCUT2D eigenvalue weighted by molar-refractivity contribution is 0.590. The van der Waals surface area contributed by atoms with Crippen molar-refractivity contribution < 1.29 is 8.42 Å². The molecule has 0 amide bonds. The average Bonchev–Trinajstić information content (AvgIpc) is 2.32. The Kier molecular flexibility index (Phi) is 5.83. The fourth-order valence-electron chi connectivity index (χ4n) is 1.64. The fourth-order valence-corrected chi connectivity index (χ4v) is 3.71. The van der Waals surface area contributed by atoms with Gasteiger partial charge in [0.1, 0.15) is 0 Å². The van der Waals surface area contributed by atoms with Crippen LogP contribution in [0.3, 0.4) is 0 Å². The Labute approximate surface area is 117 Å². The first-order valence-corrected chi connectivity index (χ1v) is 8.49. The Morgan fingerprint density at radius 1 is 1.33 bits per heavy atom. The van der Waals surface area contributed by atoms with Crippen molar-refractivity contribution in [3.63, 3.8) is 0 Å². The van der Waals surface area contributed by atoms with Gasteiger partial charge in [-0.3, -0.25) is 0 Å². The highest BCUT2D eigenvalue weighted by atomic mass is 79.9. The lowest BCUT2D eigenvalue weighted by Crippen LogP contribution is -2.10. The van der Waals surface area contributed by atoms with Gasteiger partial charge in [-0.05, 0) is 30.2 Å². The highest BCUT2D eigenvalue weighted by molar-refractivity contribution is 9.10. The summed E-state index contributed by atoms with van der Waals surface area (Å²) in [6.45, 7) is 2.04. The summed E-state index contributed by atoms with van der Waals surface area (Å²) in [5, 5.41) is 8.81. The molecule has 98 valence electrons. The van der Waals surface area contributed by atoms with E-state index in [9.17, 15) is 8.42 Å². The molecule has 1 rings (SSSR count). The fraction of sp³-hybridized carbons (Fsp3) is 0.462. The third-order valence-electron chi connectivity index (χ3n) is 2.61. The maximum absolute atomic E-state index is 11.9. The van der Waals surface area contributed by atoms with E-state index in [-0.39, 0.29) is 11.5 Å². The van der Waals surface area contributed by atoms with Gasteiger partial charge in [0.05, 0.1) is 23.1 Å². The van der Waals surface area contributed by atoms with Crippen molar-refractivity contribution in [3.05, 3.63) is 33.8 Å². The minimum atomic E-state index is -3.09. The molecule has 18 heavy (non-hydrogen) atoms. The number of unbranched alkanes of at least 4 members (excludes halogenated alkanes) is 2. The normalized spacial score (nSPS) is 11.2. The van der Waals surface area contributed by atoms with Crippen LogP contribution in [0.25, 0.3) is 0 Å². The number of hydrogen-bond donors (Lipinski definition) is 0. The molecule has 0 unspecified atom stereocenters. The van der Waals surface area contributed by atoms with Gasteiger partial charge in [0.25, 0.3) is 0 Å². The monoisotopic (exact) mass is 329 g/mol. The van der Waals surface area contributed by atoms with Crippen LogP contribution in [0, 0.1) is 11.3 Å². The lowest BCUT2D eigenvalue weighted by atomic mass is 10.2. The smallest absolute Gasteiger partial charge is 0.154 e.